The number of nitriles is 1. The average molecular weight is 308 g/mol. The van der Waals surface area contributed by atoms with E-state index >= 15 is 0 Å². The van der Waals surface area contributed by atoms with Crippen LogP contribution in [0.2, 0.25) is 0 Å². The monoisotopic (exact) mass is 308 g/mol. The number of halogens is 3. The third-order valence-electron chi connectivity index (χ3n) is 2.59. The zero-order valence-corrected chi connectivity index (χ0v) is 12.1. The minimum absolute atomic E-state index is 0.0975. The predicted molar refractivity (Wildman–Crippen MR) is 79.0 cm³/mol. The van der Waals surface area contributed by atoms with Gasteiger partial charge in [-0.05, 0) is 35.4 Å². The van der Waals surface area contributed by atoms with Crippen LogP contribution in [0.4, 0.5) is 18.9 Å². The largest absolute Gasteiger partial charge is 0.573 e. The highest BCUT2D eigenvalue weighted by Crippen LogP contribution is 2.32. The third kappa shape index (κ3) is 4.70. The highest BCUT2D eigenvalue weighted by molar-refractivity contribution is 5.70. The molecule has 0 bridgehead atoms. The van der Waals surface area contributed by atoms with Gasteiger partial charge in [-0.2, -0.15) is 5.26 Å². The van der Waals surface area contributed by atoms with Crippen molar-refractivity contribution in [1.82, 2.24) is 0 Å². The fourth-order valence-corrected chi connectivity index (χ4v) is 1.66. The molecule has 0 amide bonds. The minimum Gasteiger partial charge on any atom is -0.404 e. The van der Waals surface area contributed by atoms with Crippen LogP contribution in [-0.4, -0.2) is 6.36 Å². The van der Waals surface area contributed by atoms with Crippen molar-refractivity contribution in [3.05, 3.63) is 48.0 Å². The van der Waals surface area contributed by atoms with Gasteiger partial charge in [-0.15, -0.1) is 13.2 Å². The molecule has 0 aromatic heterocycles. The standard InChI is InChI=1S/C14H9F3N2O.C2H6/c15-14(16,17)20-13-7-11(5-6-12(13)19)10-3-1-9(8-18)2-4-10;1-2/h1-7H,19H2;1-2H3. The number of ether oxygens (including phenoxy) is 1. The summed E-state index contributed by atoms with van der Waals surface area (Å²) >= 11 is 0. The van der Waals surface area contributed by atoms with Gasteiger partial charge < -0.3 is 10.5 Å². The fraction of sp³-hybridized carbons (Fsp3) is 0.188. The lowest BCUT2D eigenvalue weighted by atomic mass is 10.0. The van der Waals surface area contributed by atoms with Gasteiger partial charge in [-0.1, -0.05) is 32.0 Å². The quantitative estimate of drug-likeness (QED) is 0.816. The highest BCUT2D eigenvalue weighted by Gasteiger charge is 2.32. The summed E-state index contributed by atoms with van der Waals surface area (Å²) in [5, 5.41) is 8.70. The van der Waals surface area contributed by atoms with Crippen LogP contribution in [0.15, 0.2) is 42.5 Å². The number of benzene rings is 2. The first-order chi connectivity index (χ1) is 10.4. The summed E-state index contributed by atoms with van der Waals surface area (Å²) in [6, 6.07) is 12.5. The van der Waals surface area contributed by atoms with E-state index in [1.807, 2.05) is 19.9 Å². The first-order valence-electron chi connectivity index (χ1n) is 6.55. The van der Waals surface area contributed by atoms with Crippen molar-refractivity contribution in [3.63, 3.8) is 0 Å². The van der Waals surface area contributed by atoms with Crippen LogP contribution in [0.1, 0.15) is 19.4 Å². The third-order valence-corrected chi connectivity index (χ3v) is 2.59. The van der Waals surface area contributed by atoms with Crippen molar-refractivity contribution in [2.24, 2.45) is 0 Å². The van der Waals surface area contributed by atoms with Crippen LogP contribution >= 0.6 is 0 Å². The minimum atomic E-state index is -4.79. The Hall–Kier alpha value is -2.68. The first kappa shape index (κ1) is 17.4. The maximum atomic E-state index is 12.2. The van der Waals surface area contributed by atoms with E-state index in [0.717, 1.165) is 0 Å². The van der Waals surface area contributed by atoms with Gasteiger partial charge in [0, 0.05) is 0 Å². The van der Waals surface area contributed by atoms with Crippen molar-refractivity contribution in [3.8, 4) is 22.9 Å². The molecule has 0 radical (unpaired) electrons. The van der Waals surface area contributed by atoms with Gasteiger partial charge in [0.2, 0.25) is 0 Å². The number of hydrogen-bond donors (Lipinski definition) is 1. The summed E-state index contributed by atoms with van der Waals surface area (Å²) in [6.45, 7) is 4.00. The maximum absolute atomic E-state index is 12.2. The van der Waals surface area contributed by atoms with E-state index in [-0.39, 0.29) is 5.69 Å². The molecule has 22 heavy (non-hydrogen) atoms. The highest BCUT2D eigenvalue weighted by atomic mass is 19.4. The van der Waals surface area contributed by atoms with Gasteiger partial charge in [0.25, 0.3) is 0 Å². The van der Waals surface area contributed by atoms with Gasteiger partial charge in [0.05, 0.1) is 17.3 Å². The molecule has 0 aliphatic heterocycles. The molecular weight excluding hydrogens is 293 g/mol. The van der Waals surface area contributed by atoms with Crippen LogP contribution in [-0.2, 0) is 0 Å². The molecule has 0 aliphatic carbocycles. The van der Waals surface area contributed by atoms with Crippen molar-refractivity contribution >= 4 is 5.69 Å². The normalized spacial score (nSPS) is 10.2. The summed E-state index contributed by atoms with van der Waals surface area (Å²) in [5.74, 6) is -0.445. The molecule has 116 valence electrons. The number of nitrogens with two attached hydrogens (primary N) is 1. The second-order valence-corrected chi connectivity index (χ2v) is 3.99. The van der Waals surface area contributed by atoms with E-state index in [2.05, 4.69) is 4.74 Å². The van der Waals surface area contributed by atoms with Crippen LogP contribution in [0.3, 0.4) is 0 Å². The lowest BCUT2D eigenvalue weighted by Crippen LogP contribution is -2.18. The molecule has 0 atom stereocenters. The molecule has 2 aromatic rings. The lowest BCUT2D eigenvalue weighted by Gasteiger charge is -2.12. The zero-order valence-electron chi connectivity index (χ0n) is 12.1. The summed E-state index contributed by atoms with van der Waals surface area (Å²) in [4.78, 5) is 0. The lowest BCUT2D eigenvalue weighted by molar-refractivity contribution is -0.274. The van der Waals surface area contributed by atoms with Crippen molar-refractivity contribution in [2.75, 3.05) is 5.73 Å². The van der Waals surface area contributed by atoms with Gasteiger partial charge in [-0.3, -0.25) is 0 Å². The summed E-state index contributed by atoms with van der Waals surface area (Å²) in [7, 11) is 0. The van der Waals surface area contributed by atoms with E-state index in [1.165, 1.54) is 12.1 Å². The Morgan fingerprint density at radius 2 is 1.55 bits per heavy atom. The summed E-state index contributed by atoms with van der Waals surface area (Å²) in [5.41, 5.74) is 7.00. The Morgan fingerprint density at radius 1 is 1.00 bits per heavy atom. The molecule has 0 heterocycles. The van der Waals surface area contributed by atoms with Gasteiger partial charge in [0.1, 0.15) is 0 Å². The SMILES string of the molecule is CC.N#Cc1ccc(-c2ccc(N)c(OC(F)(F)F)c2)cc1. The van der Waals surface area contributed by atoms with E-state index in [4.69, 9.17) is 11.0 Å². The number of rotatable bonds is 2. The molecule has 0 spiro atoms. The Balaban J connectivity index is 0.00000116. The number of nitrogen functional groups attached to an aromatic ring is 1. The number of anilines is 1. The molecular formula is C16H15F3N2O. The molecule has 0 saturated carbocycles. The van der Waals surface area contributed by atoms with Crippen molar-refractivity contribution in [2.45, 2.75) is 20.2 Å². The number of nitrogens with zero attached hydrogens (tertiary/aromatic N) is 1. The van der Waals surface area contributed by atoms with E-state index in [1.54, 1.807) is 30.3 Å². The van der Waals surface area contributed by atoms with E-state index in [9.17, 15) is 13.2 Å². The van der Waals surface area contributed by atoms with Gasteiger partial charge in [0.15, 0.2) is 5.75 Å². The smallest absolute Gasteiger partial charge is 0.404 e. The maximum Gasteiger partial charge on any atom is 0.573 e. The van der Waals surface area contributed by atoms with Crippen LogP contribution in [0.25, 0.3) is 11.1 Å². The van der Waals surface area contributed by atoms with Gasteiger partial charge in [-0.25, -0.2) is 0 Å². The molecule has 0 unspecified atom stereocenters. The second-order valence-electron chi connectivity index (χ2n) is 3.99. The Bertz CT molecular complexity index is 659. The first-order valence-corrected chi connectivity index (χ1v) is 6.55. The van der Waals surface area contributed by atoms with Crippen molar-refractivity contribution in [1.29, 1.82) is 5.26 Å². The number of alkyl halides is 3. The molecule has 0 fully saturated rings. The van der Waals surface area contributed by atoms with E-state index < -0.39 is 12.1 Å². The number of hydrogen-bond acceptors (Lipinski definition) is 3. The van der Waals surface area contributed by atoms with Crippen LogP contribution in [0, 0.1) is 11.3 Å². The van der Waals surface area contributed by atoms with Gasteiger partial charge >= 0.3 is 6.36 Å². The van der Waals surface area contributed by atoms with E-state index in [0.29, 0.717) is 16.7 Å². The molecule has 6 heteroatoms. The topological polar surface area (TPSA) is 59.0 Å². The molecule has 2 N–H and O–H groups in total. The van der Waals surface area contributed by atoms with Crippen LogP contribution in [0.5, 0.6) is 5.75 Å². The molecule has 2 aromatic carbocycles. The molecule has 3 nitrogen and oxygen atoms in total. The molecule has 0 aliphatic rings. The summed E-state index contributed by atoms with van der Waals surface area (Å²) in [6.07, 6.45) is -4.79. The van der Waals surface area contributed by atoms with Crippen molar-refractivity contribution < 1.29 is 17.9 Å². The van der Waals surface area contributed by atoms with Crippen LogP contribution < -0.4 is 10.5 Å². The average Bonchev–Trinajstić information content (AvgIpc) is 2.50. The molecule has 2 rings (SSSR count). The Morgan fingerprint density at radius 3 is 2.05 bits per heavy atom. The molecule has 0 saturated heterocycles. The fourth-order valence-electron chi connectivity index (χ4n) is 1.66. The Labute approximate surface area is 126 Å². The predicted octanol–water partition coefficient (Wildman–Crippen LogP) is 4.73. The Kier molecular flexibility index (Phi) is 5.81. The zero-order chi connectivity index (χ0) is 16.8. The second kappa shape index (κ2) is 7.36. The summed E-state index contributed by atoms with van der Waals surface area (Å²) < 4.78 is 40.6.